The Hall–Kier alpha value is -2.28. The largest absolute Gasteiger partial charge is 0.475 e. The van der Waals surface area contributed by atoms with Crippen LogP contribution in [0.5, 0.6) is 0 Å². The number of nitrogens with one attached hydrogen (secondary N) is 1. The van der Waals surface area contributed by atoms with Crippen LogP contribution in [0.25, 0.3) is 0 Å². The van der Waals surface area contributed by atoms with E-state index in [4.69, 9.17) is 34.7 Å². The van der Waals surface area contributed by atoms with Crippen molar-refractivity contribution in [1.82, 2.24) is 9.55 Å². The first-order chi connectivity index (χ1) is 15.8. The standard InChI is InChI=1S/C20H28N3O9P/c1-3-8-28-9-4-5-10-29-33(27,30-11-6-7-21)32-16-12-18(31-17(16)14-24)23-13-15(2)19(25)22-20(23)26/h1,13,16-18,24H,4-6,8-12,14H2,2H3,(H,22,25,26)/t16-,17+,18+,33?/m0/s1. The van der Waals surface area contributed by atoms with Crippen molar-refractivity contribution in [1.29, 1.82) is 5.26 Å². The summed E-state index contributed by atoms with van der Waals surface area (Å²) in [5, 5.41) is 18.4. The van der Waals surface area contributed by atoms with Crippen molar-refractivity contribution in [3.05, 3.63) is 32.6 Å². The number of aromatic nitrogens is 2. The number of terminal acetylenes is 1. The molecule has 13 heteroatoms. The van der Waals surface area contributed by atoms with Gasteiger partial charge < -0.3 is 14.6 Å². The van der Waals surface area contributed by atoms with Gasteiger partial charge in [-0.05, 0) is 19.8 Å². The normalized spacial score (nSPS) is 21.9. The third-order valence-electron chi connectivity index (χ3n) is 4.66. The third kappa shape index (κ3) is 8.22. The topological polar surface area (TPSA) is 162 Å². The van der Waals surface area contributed by atoms with Gasteiger partial charge in [0.25, 0.3) is 5.56 Å². The lowest BCUT2D eigenvalue weighted by molar-refractivity contribution is -0.0478. The number of nitriles is 1. The summed E-state index contributed by atoms with van der Waals surface area (Å²) < 4.78 is 41.4. The Morgan fingerprint density at radius 3 is 2.76 bits per heavy atom. The summed E-state index contributed by atoms with van der Waals surface area (Å²) in [6.07, 6.45) is 4.78. The number of nitrogens with zero attached hydrogens (tertiary/aromatic N) is 2. The average molecular weight is 485 g/mol. The maximum Gasteiger partial charge on any atom is 0.475 e. The summed E-state index contributed by atoms with van der Waals surface area (Å²) in [5.74, 6) is 2.35. The summed E-state index contributed by atoms with van der Waals surface area (Å²) in [4.78, 5) is 26.0. The lowest BCUT2D eigenvalue weighted by Gasteiger charge is -2.23. The van der Waals surface area contributed by atoms with E-state index in [1.54, 1.807) is 0 Å². The van der Waals surface area contributed by atoms with Crippen LogP contribution in [0.15, 0.2) is 15.8 Å². The molecule has 0 spiro atoms. The van der Waals surface area contributed by atoms with E-state index in [2.05, 4.69) is 10.9 Å². The number of rotatable bonds is 14. The van der Waals surface area contributed by atoms with Crippen molar-refractivity contribution in [3.63, 3.8) is 0 Å². The highest BCUT2D eigenvalue weighted by atomic mass is 31.2. The maximum atomic E-state index is 13.2. The fourth-order valence-corrected chi connectivity index (χ4v) is 4.44. The smallest absolute Gasteiger partial charge is 0.394 e. The van der Waals surface area contributed by atoms with Gasteiger partial charge in [-0.15, -0.1) is 6.42 Å². The van der Waals surface area contributed by atoms with Crippen molar-refractivity contribution in [2.45, 2.75) is 51.0 Å². The van der Waals surface area contributed by atoms with Gasteiger partial charge in [0.1, 0.15) is 25.0 Å². The average Bonchev–Trinajstić information content (AvgIpc) is 3.18. The summed E-state index contributed by atoms with van der Waals surface area (Å²) in [5.41, 5.74) is -0.915. The highest BCUT2D eigenvalue weighted by Gasteiger charge is 2.42. The van der Waals surface area contributed by atoms with Gasteiger partial charge in [-0.25, -0.2) is 9.36 Å². The minimum absolute atomic E-state index is 0.0304. The molecule has 0 radical (unpaired) electrons. The van der Waals surface area contributed by atoms with E-state index in [-0.39, 0.29) is 32.7 Å². The van der Waals surface area contributed by atoms with Gasteiger partial charge in [0, 0.05) is 24.8 Å². The van der Waals surface area contributed by atoms with Gasteiger partial charge >= 0.3 is 13.5 Å². The molecule has 1 aliphatic heterocycles. The zero-order valence-electron chi connectivity index (χ0n) is 18.3. The molecule has 0 saturated carbocycles. The van der Waals surface area contributed by atoms with Gasteiger partial charge in [-0.3, -0.25) is 27.9 Å². The summed E-state index contributed by atoms with van der Waals surface area (Å²) in [6, 6.07) is 1.87. The molecule has 182 valence electrons. The van der Waals surface area contributed by atoms with E-state index in [0.29, 0.717) is 25.0 Å². The molecule has 1 fully saturated rings. The van der Waals surface area contributed by atoms with Crippen molar-refractivity contribution < 1.29 is 32.7 Å². The molecular formula is C20H28N3O9P. The number of phosphoric ester groups is 1. The van der Waals surface area contributed by atoms with E-state index >= 15 is 0 Å². The number of aromatic amines is 1. The van der Waals surface area contributed by atoms with Crippen LogP contribution in [0.1, 0.15) is 37.5 Å². The van der Waals surface area contributed by atoms with Gasteiger partial charge in [-0.2, -0.15) is 5.26 Å². The van der Waals surface area contributed by atoms with Crippen LogP contribution in [0.3, 0.4) is 0 Å². The number of H-pyrrole nitrogens is 1. The molecule has 1 aliphatic rings. The Morgan fingerprint density at radius 1 is 1.33 bits per heavy atom. The van der Waals surface area contributed by atoms with Crippen LogP contribution in [0, 0.1) is 30.6 Å². The molecule has 1 aromatic heterocycles. The molecule has 1 saturated heterocycles. The monoisotopic (exact) mass is 485 g/mol. The van der Waals surface area contributed by atoms with Crippen LogP contribution in [0.2, 0.25) is 0 Å². The number of phosphoric acid groups is 1. The molecule has 1 unspecified atom stereocenters. The molecule has 2 heterocycles. The first kappa shape index (κ1) is 27.0. The molecule has 12 nitrogen and oxygen atoms in total. The van der Waals surface area contributed by atoms with Gasteiger partial charge in [0.2, 0.25) is 0 Å². The second kappa shape index (κ2) is 13.4. The Morgan fingerprint density at radius 2 is 2.06 bits per heavy atom. The zero-order valence-corrected chi connectivity index (χ0v) is 19.2. The summed E-state index contributed by atoms with van der Waals surface area (Å²) in [6.45, 7) is 1.50. The van der Waals surface area contributed by atoms with Crippen LogP contribution >= 0.6 is 7.82 Å². The molecule has 4 atom stereocenters. The number of hydrogen-bond acceptors (Lipinski definition) is 10. The SMILES string of the molecule is C#CCOCCCCOP(=O)(OCCC#N)O[C@H]1C[C@H](n2cc(C)c(=O)[nH]c2=O)O[C@@H]1CO. The second-order valence-corrected chi connectivity index (χ2v) is 8.78. The Balaban J connectivity index is 2.05. The summed E-state index contributed by atoms with van der Waals surface area (Å²) in [7, 11) is -4.12. The molecule has 0 amide bonds. The third-order valence-corrected chi connectivity index (χ3v) is 6.19. The van der Waals surface area contributed by atoms with Crippen LogP contribution in [-0.4, -0.2) is 59.9 Å². The molecular weight excluding hydrogens is 457 g/mol. The fraction of sp³-hybridized carbons (Fsp3) is 0.650. The van der Waals surface area contributed by atoms with Crippen LogP contribution < -0.4 is 11.2 Å². The number of aryl methyl sites for hydroxylation is 1. The van der Waals surface area contributed by atoms with Crippen molar-refractivity contribution in [2.24, 2.45) is 0 Å². The Labute approximate surface area is 191 Å². The number of aliphatic hydroxyl groups is 1. The molecule has 2 rings (SSSR count). The highest BCUT2D eigenvalue weighted by Crippen LogP contribution is 2.53. The van der Waals surface area contributed by atoms with Gasteiger partial charge in [-0.1, -0.05) is 5.92 Å². The van der Waals surface area contributed by atoms with Crippen molar-refractivity contribution >= 4 is 7.82 Å². The van der Waals surface area contributed by atoms with Crippen LogP contribution in [-0.2, 0) is 27.6 Å². The second-order valence-electron chi connectivity index (χ2n) is 7.16. The van der Waals surface area contributed by atoms with E-state index in [1.807, 2.05) is 6.07 Å². The van der Waals surface area contributed by atoms with Crippen LogP contribution in [0.4, 0.5) is 0 Å². The predicted molar refractivity (Wildman–Crippen MR) is 115 cm³/mol. The Kier molecular flexibility index (Phi) is 11.0. The number of unbranched alkanes of at least 4 members (excludes halogenated alkanes) is 1. The first-order valence-electron chi connectivity index (χ1n) is 10.4. The lowest BCUT2D eigenvalue weighted by Crippen LogP contribution is -2.33. The first-order valence-corrected chi connectivity index (χ1v) is 11.8. The zero-order chi connectivity index (χ0) is 24.3. The molecule has 0 bridgehead atoms. The highest BCUT2D eigenvalue weighted by molar-refractivity contribution is 7.48. The molecule has 2 N–H and O–H groups in total. The van der Waals surface area contributed by atoms with E-state index < -0.39 is 44.1 Å². The Bertz CT molecular complexity index is 1010. The molecule has 0 aliphatic carbocycles. The lowest BCUT2D eigenvalue weighted by atomic mass is 10.2. The quantitative estimate of drug-likeness (QED) is 0.221. The summed E-state index contributed by atoms with van der Waals surface area (Å²) >= 11 is 0. The molecule has 0 aromatic carbocycles. The van der Waals surface area contributed by atoms with Gasteiger partial charge in [0.05, 0.1) is 32.3 Å². The fourth-order valence-electron chi connectivity index (χ4n) is 3.03. The number of hydrogen-bond donors (Lipinski definition) is 2. The van der Waals surface area contributed by atoms with Crippen molar-refractivity contribution in [2.75, 3.05) is 33.0 Å². The number of ether oxygens (including phenoxy) is 2. The minimum Gasteiger partial charge on any atom is -0.394 e. The number of aliphatic hydroxyl groups excluding tert-OH is 1. The predicted octanol–water partition coefficient (Wildman–Crippen LogP) is 0.995. The van der Waals surface area contributed by atoms with E-state index in [1.165, 1.54) is 17.7 Å². The minimum atomic E-state index is -4.12. The van der Waals surface area contributed by atoms with Gasteiger partial charge in [0.15, 0.2) is 0 Å². The van der Waals surface area contributed by atoms with E-state index in [0.717, 1.165) is 0 Å². The molecule has 33 heavy (non-hydrogen) atoms. The maximum absolute atomic E-state index is 13.2. The van der Waals surface area contributed by atoms with Crippen molar-refractivity contribution in [3.8, 4) is 18.4 Å². The molecule has 1 aromatic rings. The van der Waals surface area contributed by atoms with E-state index in [9.17, 15) is 19.3 Å².